The summed E-state index contributed by atoms with van der Waals surface area (Å²) in [6, 6.07) is 4.65. The van der Waals surface area contributed by atoms with Crippen molar-refractivity contribution in [3.63, 3.8) is 0 Å². The third kappa shape index (κ3) is 3.00. The Morgan fingerprint density at radius 3 is 2.60 bits per heavy atom. The number of hydrogen-bond acceptors (Lipinski definition) is 4. The lowest BCUT2D eigenvalue weighted by Gasteiger charge is -2.06. The number of nitrogens with two attached hydrogens (primary N) is 1. The smallest absolute Gasteiger partial charge is 0.269 e. The molecular formula is C10H14N2O3. The van der Waals surface area contributed by atoms with Gasteiger partial charge in [-0.15, -0.1) is 0 Å². The lowest BCUT2D eigenvalue weighted by molar-refractivity contribution is -0.384. The molecule has 0 unspecified atom stereocenters. The van der Waals surface area contributed by atoms with Crippen molar-refractivity contribution < 1.29 is 10.0 Å². The number of nitrogens with zero attached hydrogens (tertiary/aromatic N) is 1. The van der Waals surface area contributed by atoms with Crippen LogP contribution in [0, 0.1) is 10.1 Å². The van der Waals surface area contributed by atoms with Crippen LogP contribution in [0.4, 0.5) is 5.69 Å². The highest BCUT2D eigenvalue weighted by Crippen LogP contribution is 2.18. The van der Waals surface area contributed by atoms with E-state index >= 15 is 0 Å². The van der Waals surface area contributed by atoms with Crippen LogP contribution < -0.4 is 5.73 Å². The van der Waals surface area contributed by atoms with Gasteiger partial charge in [-0.3, -0.25) is 10.1 Å². The summed E-state index contributed by atoms with van der Waals surface area (Å²) >= 11 is 0. The minimum Gasteiger partial charge on any atom is -0.396 e. The van der Waals surface area contributed by atoms with Crippen molar-refractivity contribution >= 4 is 5.69 Å². The maximum Gasteiger partial charge on any atom is 0.269 e. The van der Waals surface area contributed by atoms with Gasteiger partial charge in [0.15, 0.2) is 0 Å². The fourth-order valence-corrected chi connectivity index (χ4v) is 1.48. The van der Waals surface area contributed by atoms with Crippen LogP contribution in [0.15, 0.2) is 18.2 Å². The van der Waals surface area contributed by atoms with E-state index in [1.165, 1.54) is 12.1 Å². The molecule has 82 valence electrons. The number of non-ortho nitro benzene ring substituents is 1. The Labute approximate surface area is 87.7 Å². The van der Waals surface area contributed by atoms with Crippen molar-refractivity contribution in [2.45, 2.75) is 12.8 Å². The summed E-state index contributed by atoms with van der Waals surface area (Å²) in [5, 5.41) is 19.4. The lowest BCUT2D eigenvalue weighted by Crippen LogP contribution is -2.07. The highest BCUT2D eigenvalue weighted by molar-refractivity contribution is 5.40. The summed E-state index contributed by atoms with van der Waals surface area (Å²) in [5.74, 6) is 0. The minimum atomic E-state index is -0.428. The topological polar surface area (TPSA) is 89.4 Å². The van der Waals surface area contributed by atoms with Crippen molar-refractivity contribution in [2.24, 2.45) is 5.73 Å². The Kier molecular flexibility index (Phi) is 4.20. The van der Waals surface area contributed by atoms with Crippen molar-refractivity contribution in [1.29, 1.82) is 0 Å². The molecule has 0 aromatic heterocycles. The molecule has 1 aromatic rings. The molecule has 5 heteroatoms. The molecule has 0 saturated carbocycles. The standard InChI is InChI=1S/C10H14N2O3/c11-5-3-9-7-10(12(14)15)2-1-8(9)4-6-13/h1-2,7,13H,3-6,11H2. The number of nitro benzene ring substituents is 1. The van der Waals surface area contributed by atoms with Crippen LogP contribution in [-0.4, -0.2) is 23.2 Å². The number of aliphatic hydroxyl groups excluding tert-OH is 1. The Balaban J connectivity index is 3.02. The van der Waals surface area contributed by atoms with Crippen LogP contribution in [0.3, 0.4) is 0 Å². The maximum absolute atomic E-state index is 10.6. The predicted molar refractivity (Wildman–Crippen MR) is 56.6 cm³/mol. The molecule has 0 aliphatic heterocycles. The normalized spacial score (nSPS) is 10.3. The van der Waals surface area contributed by atoms with Gasteiger partial charge in [0.1, 0.15) is 0 Å². The van der Waals surface area contributed by atoms with Crippen LogP contribution in [0.2, 0.25) is 0 Å². The Bertz CT molecular complexity index is 353. The van der Waals surface area contributed by atoms with Crippen molar-refractivity contribution in [2.75, 3.05) is 13.2 Å². The predicted octanol–water partition coefficient (Wildman–Crippen LogP) is 0.631. The summed E-state index contributed by atoms with van der Waals surface area (Å²) in [4.78, 5) is 10.1. The zero-order valence-electron chi connectivity index (χ0n) is 8.35. The van der Waals surface area contributed by atoms with Gasteiger partial charge >= 0.3 is 0 Å². The van der Waals surface area contributed by atoms with Gasteiger partial charge in [-0.05, 0) is 30.5 Å². The van der Waals surface area contributed by atoms with Gasteiger partial charge < -0.3 is 10.8 Å². The highest BCUT2D eigenvalue weighted by Gasteiger charge is 2.09. The first-order valence-corrected chi connectivity index (χ1v) is 4.76. The van der Waals surface area contributed by atoms with E-state index in [-0.39, 0.29) is 12.3 Å². The quantitative estimate of drug-likeness (QED) is 0.551. The molecular weight excluding hydrogens is 196 g/mol. The fraction of sp³-hybridized carbons (Fsp3) is 0.400. The van der Waals surface area contributed by atoms with Crippen molar-refractivity contribution in [3.8, 4) is 0 Å². The molecule has 0 radical (unpaired) electrons. The zero-order chi connectivity index (χ0) is 11.3. The second-order valence-electron chi connectivity index (χ2n) is 3.22. The first-order chi connectivity index (χ1) is 7.19. The van der Waals surface area contributed by atoms with E-state index in [9.17, 15) is 10.1 Å². The Morgan fingerprint density at radius 1 is 1.33 bits per heavy atom. The van der Waals surface area contributed by atoms with Gasteiger partial charge in [-0.25, -0.2) is 0 Å². The van der Waals surface area contributed by atoms with Crippen LogP contribution >= 0.6 is 0 Å². The maximum atomic E-state index is 10.6. The van der Waals surface area contributed by atoms with E-state index in [0.29, 0.717) is 19.4 Å². The molecule has 0 bridgehead atoms. The second-order valence-corrected chi connectivity index (χ2v) is 3.22. The first kappa shape index (κ1) is 11.6. The molecule has 0 amide bonds. The second kappa shape index (κ2) is 5.43. The summed E-state index contributed by atoms with van der Waals surface area (Å²) in [7, 11) is 0. The molecule has 0 aliphatic carbocycles. The highest BCUT2D eigenvalue weighted by atomic mass is 16.6. The largest absolute Gasteiger partial charge is 0.396 e. The molecule has 1 aromatic carbocycles. The minimum absolute atomic E-state index is 0.0371. The van der Waals surface area contributed by atoms with E-state index < -0.39 is 4.92 Å². The zero-order valence-corrected chi connectivity index (χ0v) is 8.35. The van der Waals surface area contributed by atoms with E-state index in [2.05, 4.69) is 0 Å². The van der Waals surface area contributed by atoms with Gasteiger partial charge in [0.25, 0.3) is 5.69 Å². The average molecular weight is 210 g/mol. The van der Waals surface area contributed by atoms with Crippen LogP contribution in [0.5, 0.6) is 0 Å². The first-order valence-electron chi connectivity index (χ1n) is 4.76. The van der Waals surface area contributed by atoms with E-state index in [4.69, 9.17) is 10.8 Å². The molecule has 0 aliphatic rings. The van der Waals surface area contributed by atoms with Crippen LogP contribution in [0.1, 0.15) is 11.1 Å². The van der Waals surface area contributed by atoms with Crippen LogP contribution in [0.25, 0.3) is 0 Å². The number of rotatable bonds is 5. The number of benzene rings is 1. The van der Waals surface area contributed by atoms with E-state index in [0.717, 1.165) is 11.1 Å². The van der Waals surface area contributed by atoms with Gasteiger partial charge in [-0.1, -0.05) is 6.07 Å². The third-order valence-corrected chi connectivity index (χ3v) is 2.20. The summed E-state index contributed by atoms with van der Waals surface area (Å²) in [5.41, 5.74) is 7.26. The molecule has 0 atom stereocenters. The van der Waals surface area contributed by atoms with Gasteiger partial charge in [0.2, 0.25) is 0 Å². The molecule has 3 N–H and O–H groups in total. The van der Waals surface area contributed by atoms with Crippen molar-refractivity contribution in [3.05, 3.63) is 39.4 Å². The molecule has 0 saturated heterocycles. The van der Waals surface area contributed by atoms with Gasteiger partial charge in [0.05, 0.1) is 4.92 Å². The van der Waals surface area contributed by atoms with E-state index in [1.54, 1.807) is 6.07 Å². The number of hydrogen-bond donors (Lipinski definition) is 2. The average Bonchev–Trinajstić information content (AvgIpc) is 2.21. The molecule has 0 heterocycles. The van der Waals surface area contributed by atoms with E-state index in [1.807, 2.05) is 0 Å². The summed E-state index contributed by atoms with van der Waals surface area (Å²) in [6.45, 7) is 0.481. The molecule has 15 heavy (non-hydrogen) atoms. The van der Waals surface area contributed by atoms with Gasteiger partial charge in [0, 0.05) is 18.7 Å². The van der Waals surface area contributed by atoms with Crippen molar-refractivity contribution in [1.82, 2.24) is 0 Å². The SMILES string of the molecule is NCCc1cc([N+](=O)[O-])ccc1CCO. The Hall–Kier alpha value is -1.46. The third-order valence-electron chi connectivity index (χ3n) is 2.20. The fourth-order valence-electron chi connectivity index (χ4n) is 1.48. The number of nitro groups is 1. The molecule has 1 rings (SSSR count). The number of aliphatic hydroxyl groups is 1. The lowest BCUT2D eigenvalue weighted by atomic mass is 10.0. The molecule has 0 fully saturated rings. The molecule has 5 nitrogen and oxygen atoms in total. The van der Waals surface area contributed by atoms with Crippen LogP contribution in [-0.2, 0) is 12.8 Å². The molecule has 0 spiro atoms. The Morgan fingerprint density at radius 2 is 2.07 bits per heavy atom. The summed E-state index contributed by atoms with van der Waals surface area (Å²) in [6.07, 6.45) is 1.10. The summed E-state index contributed by atoms with van der Waals surface area (Å²) < 4.78 is 0. The monoisotopic (exact) mass is 210 g/mol. The van der Waals surface area contributed by atoms with Gasteiger partial charge in [-0.2, -0.15) is 0 Å².